The Labute approximate surface area is 152 Å². The standard InChI is InChI=1S/C16H31NO3.Na/c1-4-5-6-7-8-9-10-11-12-13-15(18)17(3)14(2)16(19)20;/h14H,4-13H2,1-3H3,(H,19,20);/q;+1/p-1/t14-;/m0./s1. The van der Waals surface area contributed by atoms with E-state index in [-0.39, 0.29) is 35.5 Å². The summed E-state index contributed by atoms with van der Waals surface area (Å²) in [6.45, 7) is 3.69. The molecular weight excluding hydrogens is 277 g/mol. The van der Waals surface area contributed by atoms with Gasteiger partial charge in [0.05, 0.1) is 12.0 Å². The third-order valence-electron chi connectivity index (χ3n) is 3.81. The van der Waals surface area contributed by atoms with E-state index < -0.39 is 12.0 Å². The topological polar surface area (TPSA) is 60.4 Å². The fraction of sp³-hybridized carbons (Fsp3) is 0.875. The van der Waals surface area contributed by atoms with E-state index in [0.29, 0.717) is 6.42 Å². The Morgan fingerprint density at radius 2 is 1.38 bits per heavy atom. The molecule has 0 saturated carbocycles. The van der Waals surface area contributed by atoms with Crippen molar-refractivity contribution in [2.24, 2.45) is 0 Å². The van der Waals surface area contributed by atoms with E-state index in [4.69, 9.17) is 0 Å². The third-order valence-corrected chi connectivity index (χ3v) is 3.81. The van der Waals surface area contributed by atoms with Gasteiger partial charge in [0.2, 0.25) is 5.91 Å². The van der Waals surface area contributed by atoms with Crippen LogP contribution in [0.1, 0.15) is 78.1 Å². The van der Waals surface area contributed by atoms with Crippen LogP contribution in [0.3, 0.4) is 0 Å². The number of carboxylic acids is 1. The minimum Gasteiger partial charge on any atom is -0.548 e. The molecule has 0 spiro atoms. The van der Waals surface area contributed by atoms with Crippen LogP contribution in [0, 0.1) is 0 Å². The van der Waals surface area contributed by atoms with E-state index in [1.165, 1.54) is 63.8 Å². The third kappa shape index (κ3) is 12.2. The van der Waals surface area contributed by atoms with Crippen LogP contribution in [0.5, 0.6) is 0 Å². The number of aliphatic carboxylic acids is 1. The number of carboxylic acid groups (broad SMARTS) is 1. The predicted octanol–water partition coefficient (Wildman–Crippen LogP) is -0.492. The number of likely N-dealkylation sites (N-methyl/N-ethyl adjacent to an activating group) is 1. The SMILES string of the molecule is CCCCCCCCCCCC(=O)N(C)[C@@H](C)C(=O)[O-].[Na+]. The first-order valence-corrected chi connectivity index (χ1v) is 7.97. The average Bonchev–Trinajstić information content (AvgIpc) is 2.43. The van der Waals surface area contributed by atoms with E-state index in [0.717, 1.165) is 12.8 Å². The molecule has 0 aromatic heterocycles. The predicted molar refractivity (Wildman–Crippen MR) is 79.1 cm³/mol. The normalized spacial score (nSPS) is 11.6. The largest absolute Gasteiger partial charge is 1.00 e. The first-order valence-electron chi connectivity index (χ1n) is 7.97. The summed E-state index contributed by atoms with van der Waals surface area (Å²) in [7, 11) is 1.52. The molecule has 1 amide bonds. The maximum atomic E-state index is 11.7. The number of nitrogens with zero attached hydrogens (tertiary/aromatic N) is 1. The minimum atomic E-state index is -1.20. The Bertz CT molecular complexity index is 285. The van der Waals surface area contributed by atoms with Gasteiger partial charge in [-0.05, 0) is 13.3 Å². The van der Waals surface area contributed by atoms with Crippen molar-refractivity contribution in [3.05, 3.63) is 0 Å². The fourth-order valence-electron chi connectivity index (χ4n) is 2.14. The number of hydrogen-bond acceptors (Lipinski definition) is 3. The number of amides is 1. The number of carbonyl (C=O) groups is 2. The molecule has 0 N–H and O–H groups in total. The van der Waals surface area contributed by atoms with E-state index in [1.807, 2.05) is 0 Å². The Morgan fingerprint density at radius 1 is 0.952 bits per heavy atom. The molecule has 0 aromatic carbocycles. The quantitative estimate of drug-likeness (QED) is 0.361. The molecule has 21 heavy (non-hydrogen) atoms. The fourth-order valence-corrected chi connectivity index (χ4v) is 2.14. The van der Waals surface area contributed by atoms with Gasteiger partial charge >= 0.3 is 29.6 Å². The van der Waals surface area contributed by atoms with Crippen molar-refractivity contribution in [3.63, 3.8) is 0 Å². The Morgan fingerprint density at radius 3 is 1.81 bits per heavy atom. The molecule has 118 valence electrons. The van der Waals surface area contributed by atoms with Gasteiger partial charge in [0.15, 0.2) is 0 Å². The number of rotatable bonds is 12. The molecule has 0 unspecified atom stereocenters. The van der Waals surface area contributed by atoms with Crippen molar-refractivity contribution < 1.29 is 44.3 Å². The molecule has 0 heterocycles. The van der Waals surface area contributed by atoms with Crippen LogP contribution >= 0.6 is 0 Å². The monoisotopic (exact) mass is 307 g/mol. The minimum absolute atomic E-state index is 0. The molecule has 0 rings (SSSR count). The molecule has 0 aliphatic heterocycles. The van der Waals surface area contributed by atoms with E-state index in [9.17, 15) is 14.7 Å². The van der Waals surface area contributed by atoms with Crippen molar-refractivity contribution in [1.82, 2.24) is 4.90 Å². The van der Waals surface area contributed by atoms with Crippen molar-refractivity contribution in [2.75, 3.05) is 7.05 Å². The Hall–Kier alpha value is -0.0600. The second-order valence-electron chi connectivity index (χ2n) is 5.58. The van der Waals surface area contributed by atoms with Crippen molar-refractivity contribution in [2.45, 2.75) is 84.1 Å². The summed E-state index contributed by atoms with van der Waals surface area (Å²) in [6.07, 6.45) is 11.3. The first kappa shape index (κ1) is 23.2. The van der Waals surface area contributed by atoms with Crippen LogP contribution in [0.4, 0.5) is 0 Å². The van der Waals surface area contributed by atoms with Gasteiger partial charge in [-0.1, -0.05) is 58.3 Å². The first-order chi connectivity index (χ1) is 9.50. The van der Waals surface area contributed by atoms with E-state index >= 15 is 0 Å². The number of hydrogen-bond donors (Lipinski definition) is 0. The van der Waals surface area contributed by atoms with E-state index in [1.54, 1.807) is 0 Å². The van der Waals surface area contributed by atoms with Gasteiger partial charge in [-0.15, -0.1) is 0 Å². The summed E-state index contributed by atoms with van der Waals surface area (Å²) >= 11 is 0. The average molecular weight is 307 g/mol. The molecule has 0 aliphatic rings. The molecule has 0 saturated heterocycles. The maximum absolute atomic E-state index is 11.7. The van der Waals surface area contributed by atoms with Crippen LogP contribution in [0.15, 0.2) is 0 Å². The molecule has 0 aliphatic carbocycles. The van der Waals surface area contributed by atoms with Crippen molar-refractivity contribution in [3.8, 4) is 0 Å². The van der Waals surface area contributed by atoms with Crippen LogP contribution in [-0.4, -0.2) is 29.9 Å². The molecular formula is C16H30NNaO3. The zero-order chi connectivity index (χ0) is 15.4. The Kier molecular flexibility index (Phi) is 16.4. The molecule has 4 nitrogen and oxygen atoms in total. The summed E-state index contributed by atoms with van der Waals surface area (Å²) in [4.78, 5) is 23.7. The van der Waals surface area contributed by atoms with Crippen LogP contribution in [0.25, 0.3) is 0 Å². The smallest absolute Gasteiger partial charge is 0.548 e. The van der Waals surface area contributed by atoms with Crippen LogP contribution < -0.4 is 34.7 Å². The molecule has 0 bridgehead atoms. The van der Waals surface area contributed by atoms with Gasteiger partial charge in [-0.3, -0.25) is 4.79 Å². The van der Waals surface area contributed by atoms with Gasteiger partial charge in [-0.25, -0.2) is 0 Å². The van der Waals surface area contributed by atoms with Crippen molar-refractivity contribution in [1.29, 1.82) is 0 Å². The van der Waals surface area contributed by atoms with Crippen molar-refractivity contribution >= 4 is 11.9 Å². The molecule has 0 radical (unpaired) electrons. The second-order valence-corrected chi connectivity index (χ2v) is 5.58. The second kappa shape index (κ2) is 14.9. The number of unbranched alkanes of at least 4 members (excludes halogenated alkanes) is 8. The molecule has 5 heteroatoms. The summed E-state index contributed by atoms with van der Waals surface area (Å²) in [5.41, 5.74) is 0. The van der Waals surface area contributed by atoms with E-state index in [2.05, 4.69) is 6.92 Å². The summed E-state index contributed by atoms with van der Waals surface area (Å²) in [5, 5.41) is 10.7. The van der Waals surface area contributed by atoms with Crippen LogP contribution in [0.2, 0.25) is 0 Å². The zero-order valence-electron chi connectivity index (χ0n) is 14.3. The van der Waals surface area contributed by atoms with Gasteiger partial charge in [-0.2, -0.15) is 0 Å². The summed E-state index contributed by atoms with van der Waals surface area (Å²) in [6, 6.07) is -0.846. The van der Waals surface area contributed by atoms with Crippen LogP contribution in [-0.2, 0) is 9.59 Å². The molecule has 1 atom stereocenters. The zero-order valence-corrected chi connectivity index (χ0v) is 16.3. The number of carbonyl (C=O) groups excluding carboxylic acids is 2. The van der Waals surface area contributed by atoms with Gasteiger partial charge in [0, 0.05) is 13.5 Å². The van der Waals surface area contributed by atoms with Gasteiger partial charge in [0.1, 0.15) is 0 Å². The van der Waals surface area contributed by atoms with Gasteiger partial charge < -0.3 is 14.8 Å². The summed E-state index contributed by atoms with van der Waals surface area (Å²) < 4.78 is 0. The maximum Gasteiger partial charge on any atom is 1.00 e. The van der Waals surface area contributed by atoms with Gasteiger partial charge in [0.25, 0.3) is 0 Å². The molecule has 0 fully saturated rings. The Balaban J connectivity index is 0. The summed E-state index contributed by atoms with van der Waals surface area (Å²) in [5.74, 6) is -1.31. The molecule has 0 aromatic rings.